The van der Waals surface area contributed by atoms with Gasteiger partial charge in [-0.05, 0) is 37.5 Å². The lowest BCUT2D eigenvalue weighted by atomic mass is 9.73. The molecule has 4 atom stereocenters. The normalized spacial score (nSPS) is 40.9. The highest BCUT2D eigenvalue weighted by Gasteiger charge is 2.44. The van der Waals surface area contributed by atoms with E-state index >= 15 is 0 Å². The molecule has 0 aliphatic carbocycles. The van der Waals surface area contributed by atoms with Crippen LogP contribution in [-0.4, -0.2) is 36.0 Å². The topological polar surface area (TPSA) is 32.3 Å². The molecular weight excluding hydrogens is 212 g/mol. The average Bonchev–Trinajstić information content (AvgIpc) is 2.34. The second-order valence-electron chi connectivity index (χ2n) is 5.80. The molecule has 1 amide bonds. The number of hydrogen-bond acceptors (Lipinski definition) is 2. The summed E-state index contributed by atoms with van der Waals surface area (Å²) < 4.78 is 0. The number of rotatable bonds is 2. The number of amides is 1. The van der Waals surface area contributed by atoms with Crippen LogP contribution in [0.3, 0.4) is 0 Å². The van der Waals surface area contributed by atoms with Crippen LogP contribution in [-0.2, 0) is 4.79 Å². The molecule has 1 N–H and O–H groups in total. The van der Waals surface area contributed by atoms with Crippen molar-refractivity contribution in [2.24, 2.45) is 11.8 Å². The zero-order valence-corrected chi connectivity index (χ0v) is 10.4. The van der Waals surface area contributed by atoms with Gasteiger partial charge in [0.2, 0.25) is 5.91 Å². The van der Waals surface area contributed by atoms with Crippen molar-refractivity contribution in [3.63, 3.8) is 0 Å². The number of fused-ring (bicyclic) bond motifs is 4. The summed E-state index contributed by atoms with van der Waals surface area (Å²) in [6.45, 7) is 5.90. The van der Waals surface area contributed by atoms with Gasteiger partial charge >= 0.3 is 0 Å². The summed E-state index contributed by atoms with van der Waals surface area (Å²) in [7, 11) is 0. The minimum atomic E-state index is 0.398. The Hall–Kier alpha value is -0.830. The molecule has 3 saturated heterocycles. The minimum Gasteiger partial charge on any atom is -0.339 e. The van der Waals surface area contributed by atoms with Gasteiger partial charge in [-0.1, -0.05) is 6.08 Å². The van der Waals surface area contributed by atoms with Crippen LogP contribution in [0.1, 0.15) is 32.1 Å². The molecular formula is C14H22N2O. The van der Waals surface area contributed by atoms with Crippen molar-refractivity contribution in [3.8, 4) is 0 Å². The summed E-state index contributed by atoms with van der Waals surface area (Å²) >= 11 is 0. The van der Waals surface area contributed by atoms with Gasteiger partial charge in [-0.3, -0.25) is 4.79 Å². The fourth-order valence-corrected chi connectivity index (χ4v) is 3.98. The Morgan fingerprint density at radius 3 is 3.18 bits per heavy atom. The molecule has 0 saturated carbocycles. The standard InChI is InChI=1S/C14H22N2O/c1-2-4-12-11-7-10(8-15-12)13-5-3-6-14(17)16(13)9-11/h2,10-13,15H,1,3-9H2/t10?,11?,12-,13+/m0/s1. The van der Waals surface area contributed by atoms with Gasteiger partial charge < -0.3 is 10.2 Å². The van der Waals surface area contributed by atoms with E-state index in [-0.39, 0.29) is 0 Å². The third-order valence-electron chi connectivity index (χ3n) is 4.82. The van der Waals surface area contributed by atoms with E-state index in [9.17, 15) is 4.79 Å². The summed E-state index contributed by atoms with van der Waals surface area (Å²) in [5.74, 6) is 1.74. The average molecular weight is 234 g/mol. The van der Waals surface area contributed by atoms with Gasteiger partial charge in [-0.2, -0.15) is 0 Å². The van der Waals surface area contributed by atoms with E-state index in [0.717, 1.165) is 32.4 Å². The number of hydrogen-bond donors (Lipinski definition) is 1. The monoisotopic (exact) mass is 234 g/mol. The Kier molecular flexibility index (Phi) is 2.95. The lowest BCUT2D eigenvalue weighted by molar-refractivity contribution is -0.143. The maximum absolute atomic E-state index is 12.0. The van der Waals surface area contributed by atoms with Crippen molar-refractivity contribution in [1.29, 1.82) is 0 Å². The molecule has 3 rings (SSSR count). The largest absolute Gasteiger partial charge is 0.339 e. The summed E-state index contributed by atoms with van der Waals surface area (Å²) in [6.07, 6.45) is 7.43. The molecule has 2 bridgehead atoms. The first kappa shape index (κ1) is 11.3. The van der Waals surface area contributed by atoms with Gasteiger partial charge in [0, 0.05) is 31.6 Å². The Labute approximate surface area is 103 Å². The van der Waals surface area contributed by atoms with E-state index in [1.807, 2.05) is 6.08 Å². The fourth-order valence-electron chi connectivity index (χ4n) is 3.98. The van der Waals surface area contributed by atoms with Gasteiger partial charge in [0.1, 0.15) is 0 Å². The van der Waals surface area contributed by atoms with Crippen molar-refractivity contribution in [3.05, 3.63) is 12.7 Å². The molecule has 0 radical (unpaired) electrons. The predicted molar refractivity (Wildman–Crippen MR) is 67.6 cm³/mol. The molecule has 0 aromatic carbocycles. The number of carbonyl (C=O) groups excluding carboxylic acids is 1. The first-order valence-corrected chi connectivity index (χ1v) is 6.93. The van der Waals surface area contributed by atoms with Crippen molar-refractivity contribution in [2.75, 3.05) is 13.1 Å². The van der Waals surface area contributed by atoms with Crippen LogP contribution in [0.5, 0.6) is 0 Å². The molecule has 94 valence electrons. The Morgan fingerprint density at radius 1 is 1.47 bits per heavy atom. The molecule has 3 heteroatoms. The minimum absolute atomic E-state index is 0.398. The second-order valence-corrected chi connectivity index (χ2v) is 5.80. The summed E-state index contributed by atoms with van der Waals surface area (Å²) in [5.41, 5.74) is 0. The summed E-state index contributed by atoms with van der Waals surface area (Å²) in [6, 6.07) is 1.07. The highest BCUT2D eigenvalue weighted by atomic mass is 16.2. The summed E-state index contributed by atoms with van der Waals surface area (Å²) in [4.78, 5) is 14.2. The lowest BCUT2D eigenvalue weighted by Crippen LogP contribution is -2.62. The SMILES string of the molecule is C=CC[C@@H]1NCC2CC1CN1C(=O)CCC[C@H]21. The van der Waals surface area contributed by atoms with Gasteiger partial charge in [0.25, 0.3) is 0 Å². The van der Waals surface area contributed by atoms with Crippen LogP contribution in [0.15, 0.2) is 12.7 Å². The lowest BCUT2D eigenvalue weighted by Gasteiger charge is -2.52. The predicted octanol–water partition coefficient (Wildman–Crippen LogP) is 1.55. The fraction of sp³-hybridized carbons (Fsp3) is 0.786. The van der Waals surface area contributed by atoms with E-state index < -0.39 is 0 Å². The molecule has 3 fully saturated rings. The van der Waals surface area contributed by atoms with E-state index in [0.29, 0.717) is 29.8 Å². The van der Waals surface area contributed by atoms with Gasteiger partial charge in [-0.25, -0.2) is 0 Å². The molecule has 3 heterocycles. The maximum atomic E-state index is 12.0. The molecule has 0 spiro atoms. The first-order chi connectivity index (χ1) is 8.29. The van der Waals surface area contributed by atoms with Crippen LogP contribution in [0.2, 0.25) is 0 Å². The number of nitrogens with zero attached hydrogens (tertiary/aromatic N) is 1. The molecule has 3 nitrogen and oxygen atoms in total. The molecule has 0 aromatic heterocycles. The Morgan fingerprint density at radius 2 is 2.35 bits per heavy atom. The third-order valence-corrected chi connectivity index (χ3v) is 4.82. The van der Waals surface area contributed by atoms with Gasteiger partial charge in [-0.15, -0.1) is 6.58 Å². The van der Waals surface area contributed by atoms with Gasteiger partial charge in [0.05, 0.1) is 0 Å². The Bertz CT molecular complexity index is 328. The van der Waals surface area contributed by atoms with Crippen molar-refractivity contribution < 1.29 is 4.79 Å². The smallest absolute Gasteiger partial charge is 0.222 e. The summed E-state index contributed by atoms with van der Waals surface area (Å²) in [5, 5.41) is 3.66. The molecule has 3 aliphatic rings. The van der Waals surface area contributed by atoms with E-state index in [1.165, 1.54) is 12.8 Å². The highest BCUT2D eigenvalue weighted by molar-refractivity contribution is 5.77. The van der Waals surface area contributed by atoms with E-state index in [4.69, 9.17) is 0 Å². The van der Waals surface area contributed by atoms with Crippen LogP contribution in [0.25, 0.3) is 0 Å². The first-order valence-electron chi connectivity index (χ1n) is 6.93. The molecule has 0 aromatic rings. The molecule has 2 unspecified atom stereocenters. The second kappa shape index (κ2) is 4.45. The van der Waals surface area contributed by atoms with Crippen molar-refractivity contribution in [1.82, 2.24) is 10.2 Å². The van der Waals surface area contributed by atoms with Crippen LogP contribution in [0, 0.1) is 11.8 Å². The van der Waals surface area contributed by atoms with E-state index in [1.54, 1.807) is 0 Å². The molecule has 3 aliphatic heterocycles. The quantitative estimate of drug-likeness (QED) is 0.735. The van der Waals surface area contributed by atoms with Crippen molar-refractivity contribution in [2.45, 2.75) is 44.2 Å². The molecule has 17 heavy (non-hydrogen) atoms. The zero-order valence-electron chi connectivity index (χ0n) is 10.4. The number of nitrogens with one attached hydrogen (secondary N) is 1. The van der Waals surface area contributed by atoms with Gasteiger partial charge in [0.15, 0.2) is 0 Å². The van der Waals surface area contributed by atoms with Crippen molar-refractivity contribution >= 4 is 5.91 Å². The zero-order chi connectivity index (χ0) is 11.8. The van der Waals surface area contributed by atoms with E-state index in [2.05, 4.69) is 16.8 Å². The number of carbonyl (C=O) groups is 1. The van der Waals surface area contributed by atoms with Crippen LogP contribution >= 0.6 is 0 Å². The third kappa shape index (κ3) is 1.90. The van der Waals surface area contributed by atoms with Crippen LogP contribution in [0.4, 0.5) is 0 Å². The highest BCUT2D eigenvalue weighted by Crippen LogP contribution is 2.38. The number of piperidine rings is 3. The maximum Gasteiger partial charge on any atom is 0.222 e. The Balaban J connectivity index is 1.77. The van der Waals surface area contributed by atoms with Crippen LogP contribution < -0.4 is 5.32 Å².